The van der Waals surface area contributed by atoms with E-state index in [0.29, 0.717) is 29.0 Å². The zero-order valence-corrected chi connectivity index (χ0v) is 16.7. The van der Waals surface area contributed by atoms with Crippen molar-refractivity contribution in [2.75, 3.05) is 19.8 Å². The van der Waals surface area contributed by atoms with Gasteiger partial charge in [-0.15, -0.1) is 0 Å². The largest absolute Gasteiger partial charge is 0.490 e. The van der Waals surface area contributed by atoms with Gasteiger partial charge in [-0.1, -0.05) is 61.2 Å². The van der Waals surface area contributed by atoms with Gasteiger partial charge in [-0.3, -0.25) is 9.69 Å². The third-order valence-electron chi connectivity index (χ3n) is 3.86. The van der Waals surface area contributed by atoms with Gasteiger partial charge in [-0.25, -0.2) is 0 Å². The Bertz CT molecular complexity index is 819. The van der Waals surface area contributed by atoms with E-state index in [1.54, 1.807) is 4.90 Å². The molecule has 0 aliphatic carbocycles. The summed E-state index contributed by atoms with van der Waals surface area (Å²) in [6, 6.07) is 17.3. The molecule has 0 aromatic heterocycles. The standard InChI is InChI=1S/C21H21NO3S2/c1-2-12-22-20(23)19(27-21(22)26)15-16-8-10-18(11-9-16)25-14-13-24-17-6-4-3-5-7-17/h3-11,15H,2,12-14H2,1H3/b19-15-. The van der Waals surface area contributed by atoms with Crippen molar-refractivity contribution in [2.45, 2.75) is 13.3 Å². The number of hydrogen-bond acceptors (Lipinski definition) is 5. The summed E-state index contributed by atoms with van der Waals surface area (Å²) in [5.41, 5.74) is 0.944. The van der Waals surface area contributed by atoms with Gasteiger partial charge in [0.15, 0.2) is 0 Å². The molecule has 1 aliphatic rings. The number of amides is 1. The van der Waals surface area contributed by atoms with Crippen molar-refractivity contribution in [3.8, 4) is 11.5 Å². The lowest BCUT2D eigenvalue weighted by atomic mass is 10.2. The van der Waals surface area contributed by atoms with Gasteiger partial charge in [-0.2, -0.15) is 0 Å². The highest BCUT2D eigenvalue weighted by Gasteiger charge is 2.31. The summed E-state index contributed by atoms with van der Waals surface area (Å²) in [6.07, 6.45) is 2.76. The van der Waals surface area contributed by atoms with Crippen molar-refractivity contribution >= 4 is 40.3 Å². The van der Waals surface area contributed by atoms with E-state index in [9.17, 15) is 4.79 Å². The average Bonchev–Trinajstić information content (AvgIpc) is 2.95. The minimum atomic E-state index is -0.00904. The quantitative estimate of drug-likeness (QED) is 0.364. The van der Waals surface area contributed by atoms with E-state index in [4.69, 9.17) is 21.7 Å². The second kappa shape index (κ2) is 9.58. The van der Waals surface area contributed by atoms with E-state index in [2.05, 4.69) is 0 Å². The number of nitrogens with zero attached hydrogens (tertiary/aromatic N) is 1. The molecule has 27 heavy (non-hydrogen) atoms. The number of para-hydroxylation sites is 1. The van der Waals surface area contributed by atoms with Gasteiger partial charge in [-0.05, 0) is 42.3 Å². The van der Waals surface area contributed by atoms with E-state index in [-0.39, 0.29) is 5.91 Å². The molecule has 1 fully saturated rings. The molecule has 140 valence electrons. The van der Waals surface area contributed by atoms with Gasteiger partial charge in [0.2, 0.25) is 0 Å². The number of rotatable bonds is 8. The number of carbonyl (C=O) groups is 1. The van der Waals surface area contributed by atoms with Gasteiger partial charge in [0.05, 0.1) is 4.91 Å². The predicted octanol–water partition coefficient (Wildman–Crippen LogP) is 4.76. The molecule has 0 unspecified atom stereocenters. The number of carbonyl (C=O) groups excluding carboxylic acids is 1. The maximum Gasteiger partial charge on any atom is 0.266 e. The molecule has 1 amide bonds. The minimum Gasteiger partial charge on any atom is -0.490 e. The first kappa shape index (κ1) is 19.5. The molecule has 0 N–H and O–H groups in total. The van der Waals surface area contributed by atoms with Gasteiger partial charge < -0.3 is 9.47 Å². The van der Waals surface area contributed by atoms with Crippen LogP contribution in [0.2, 0.25) is 0 Å². The van der Waals surface area contributed by atoms with Gasteiger partial charge in [0.25, 0.3) is 5.91 Å². The van der Waals surface area contributed by atoms with Crippen molar-refractivity contribution < 1.29 is 14.3 Å². The van der Waals surface area contributed by atoms with Crippen LogP contribution in [-0.4, -0.2) is 34.9 Å². The Labute approximate surface area is 169 Å². The molecule has 3 rings (SSSR count). The molecule has 0 atom stereocenters. The summed E-state index contributed by atoms with van der Waals surface area (Å²) in [7, 11) is 0. The fourth-order valence-corrected chi connectivity index (χ4v) is 3.87. The second-order valence-corrected chi connectivity index (χ2v) is 7.59. The van der Waals surface area contributed by atoms with Crippen LogP contribution in [0.1, 0.15) is 18.9 Å². The Morgan fingerprint density at radius 2 is 1.63 bits per heavy atom. The van der Waals surface area contributed by atoms with Crippen LogP contribution >= 0.6 is 24.0 Å². The van der Waals surface area contributed by atoms with Crippen LogP contribution in [0, 0.1) is 0 Å². The number of thioether (sulfide) groups is 1. The summed E-state index contributed by atoms with van der Waals surface area (Å²) in [5, 5.41) is 0. The maximum absolute atomic E-state index is 12.4. The van der Waals surface area contributed by atoms with Crippen LogP contribution < -0.4 is 9.47 Å². The molecule has 2 aromatic carbocycles. The van der Waals surface area contributed by atoms with Crippen LogP contribution in [0.4, 0.5) is 0 Å². The Morgan fingerprint density at radius 1 is 1.00 bits per heavy atom. The first-order chi connectivity index (χ1) is 13.2. The van der Waals surface area contributed by atoms with E-state index in [1.807, 2.05) is 67.6 Å². The Morgan fingerprint density at radius 3 is 2.26 bits per heavy atom. The van der Waals surface area contributed by atoms with Crippen LogP contribution in [0.3, 0.4) is 0 Å². The van der Waals surface area contributed by atoms with Crippen LogP contribution in [0.25, 0.3) is 6.08 Å². The smallest absolute Gasteiger partial charge is 0.266 e. The van der Waals surface area contributed by atoms with Crippen molar-refractivity contribution in [1.29, 1.82) is 0 Å². The fraction of sp³-hybridized carbons (Fsp3) is 0.238. The van der Waals surface area contributed by atoms with Crippen molar-refractivity contribution in [1.82, 2.24) is 4.90 Å². The molecule has 1 aliphatic heterocycles. The molecule has 1 saturated heterocycles. The van der Waals surface area contributed by atoms with Crippen molar-refractivity contribution in [3.05, 3.63) is 65.1 Å². The molecule has 0 bridgehead atoms. The van der Waals surface area contributed by atoms with E-state index >= 15 is 0 Å². The molecule has 4 nitrogen and oxygen atoms in total. The number of benzene rings is 2. The van der Waals surface area contributed by atoms with Crippen molar-refractivity contribution in [3.63, 3.8) is 0 Å². The normalized spacial score (nSPS) is 15.4. The predicted molar refractivity (Wildman–Crippen MR) is 114 cm³/mol. The summed E-state index contributed by atoms with van der Waals surface area (Å²) in [4.78, 5) is 14.7. The molecule has 0 spiro atoms. The molecule has 1 heterocycles. The lowest BCUT2D eigenvalue weighted by molar-refractivity contribution is -0.122. The minimum absolute atomic E-state index is 0.00904. The number of thiocarbonyl (C=S) groups is 1. The highest BCUT2D eigenvalue weighted by atomic mass is 32.2. The third kappa shape index (κ3) is 5.34. The zero-order valence-electron chi connectivity index (χ0n) is 15.1. The number of ether oxygens (including phenoxy) is 2. The summed E-state index contributed by atoms with van der Waals surface area (Å²) >= 11 is 6.64. The maximum atomic E-state index is 12.4. The monoisotopic (exact) mass is 399 g/mol. The fourth-order valence-electron chi connectivity index (χ4n) is 2.56. The Balaban J connectivity index is 1.51. The van der Waals surface area contributed by atoms with Crippen molar-refractivity contribution in [2.24, 2.45) is 0 Å². The SMILES string of the molecule is CCCN1C(=O)/C(=C/c2ccc(OCCOc3ccccc3)cc2)SC1=S. The molecule has 0 radical (unpaired) electrons. The topological polar surface area (TPSA) is 38.8 Å². The highest BCUT2D eigenvalue weighted by Crippen LogP contribution is 2.32. The Kier molecular flexibility index (Phi) is 6.90. The zero-order chi connectivity index (χ0) is 19.1. The molecular weight excluding hydrogens is 378 g/mol. The van der Waals surface area contributed by atoms with E-state index < -0.39 is 0 Å². The van der Waals surface area contributed by atoms with Crippen LogP contribution in [0.15, 0.2) is 59.5 Å². The van der Waals surface area contributed by atoms with Gasteiger partial charge in [0.1, 0.15) is 29.0 Å². The lowest BCUT2D eigenvalue weighted by Crippen LogP contribution is -2.28. The summed E-state index contributed by atoms with van der Waals surface area (Å²) in [6.45, 7) is 3.64. The van der Waals surface area contributed by atoms with E-state index in [0.717, 1.165) is 23.5 Å². The first-order valence-corrected chi connectivity index (χ1v) is 10.1. The molecule has 6 heteroatoms. The van der Waals surface area contributed by atoms with Crippen LogP contribution in [0.5, 0.6) is 11.5 Å². The third-order valence-corrected chi connectivity index (χ3v) is 5.24. The molecular formula is C21H21NO3S2. The molecule has 2 aromatic rings. The lowest BCUT2D eigenvalue weighted by Gasteiger charge is -2.11. The number of hydrogen-bond donors (Lipinski definition) is 0. The van der Waals surface area contributed by atoms with E-state index in [1.165, 1.54) is 11.8 Å². The first-order valence-electron chi connectivity index (χ1n) is 8.83. The van der Waals surface area contributed by atoms with Gasteiger partial charge >= 0.3 is 0 Å². The summed E-state index contributed by atoms with van der Waals surface area (Å²) < 4.78 is 11.9. The Hall–Kier alpha value is -2.31. The van der Waals surface area contributed by atoms with Crippen LogP contribution in [-0.2, 0) is 4.79 Å². The summed E-state index contributed by atoms with van der Waals surface area (Å²) in [5.74, 6) is 1.59. The molecule has 0 saturated carbocycles. The second-order valence-electron chi connectivity index (χ2n) is 5.91. The highest BCUT2D eigenvalue weighted by molar-refractivity contribution is 8.26. The average molecular weight is 400 g/mol. The van der Waals surface area contributed by atoms with Gasteiger partial charge in [0, 0.05) is 6.54 Å².